The van der Waals surface area contributed by atoms with Crippen molar-refractivity contribution in [3.05, 3.63) is 24.0 Å². The molecule has 1 aromatic heterocycles. The molecule has 0 unspecified atom stereocenters. The molecule has 5 heteroatoms. The first-order valence-electron chi connectivity index (χ1n) is 7.09. The van der Waals surface area contributed by atoms with Gasteiger partial charge < -0.3 is 14.7 Å². The van der Waals surface area contributed by atoms with Crippen molar-refractivity contribution in [2.45, 2.75) is 25.7 Å². The molecule has 2 rings (SSSR count). The van der Waals surface area contributed by atoms with Crippen molar-refractivity contribution in [1.29, 1.82) is 0 Å². The van der Waals surface area contributed by atoms with Crippen molar-refractivity contribution in [1.82, 2.24) is 9.88 Å². The van der Waals surface area contributed by atoms with Crippen LogP contribution in [0.2, 0.25) is 0 Å². The molecule has 0 saturated carbocycles. The Morgan fingerprint density at radius 1 is 1.45 bits per heavy atom. The monoisotopic (exact) mass is 278 g/mol. The van der Waals surface area contributed by atoms with Crippen LogP contribution in [0.15, 0.2) is 18.5 Å². The molecule has 2 heterocycles. The molecule has 1 amide bonds. The van der Waals surface area contributed by atoms with Crippen molar-refractivity contribution < 1.29 is 14.6 Å². The summed E-state index contributed by atoms with van der Waals surface area (Å²) < 4.78 is 5.12. The van der Waals surface area contributed by atoms with E-state index in [0.29, 0.717) is 18.8 Å². The molecule has 0 aromatic carbocycles. The summed E-state index contributed by atoms with van der Waals surface area (Å²) in [6.45, 7) is 1.76. The largest absolute Gasteiger partial charge is 0.495 e. The highest BCUT2D eigenvalue weighted by Gasteiger charge is 2.21. The first-order valence-corrected chi connectivity index (χ1v) is 7.09. The number of aromatic nitrogens is 1. The average Bonchev–Trinajstić information content (AvgIpc) is 2.53. The second kappa shape index (κ2) is 7.24. The van der Waals surface area contributed by atoms with Gasteiger partial charge in [0.2, 0.25) is 5.91 Å². The first-order chi connectivity index (χ1) is 9.72. The molecule has 1 N–H and O–H groups in total. The van der Waals surface area contributed by atoms with Gasteiger partial charge in [-0.05, 0) is 36.8 Å². The Morgan fingerprint density at radius 3 is 2.85 bits per heavy atom. The van der Waals surface area contributed by atoms with Gasteiger partial charge in [0.15, 0.2) is 0 Å². The lowest BCUT2D eigenvalue weighted by Gasteiger charge is -2.31. The van der Waals surface area contributed by atoms with E-state index in [1.807, 2.05) is 11.0 Å². The Hall–Kier alpha value is -1.62. The number of aliphatic hydroxyl groups excluding tert-OH is 1. The fourth-order valence-corrected chi connectivity index (χ4v) is 2.49. The average molecular weight is 278 g/mol. The summed E-state index contributed by atoms with van der Waals surface area (Å²) in [6.07, 6.45) is 6.42. The van der Waals surface area contributed by atoms with Crippen molar-refractivity contribution in [2.24, 2.45) is 5.92 Å². The number of piperidine rings is 1. The normalized spacial score (nSPS) is 16.2. The predicted octanol–water partition coefficient (Wildman–Crippen LogP) is 1.25. The van der Waals surface area contributed by atoms with Crippen molar-refractivity contribution in [3.8, 4) is 5.75 Å². The van der Waals surface area contributed by atoms with Crippen molar-refractivity contribution in [2.75, 3.05) is 26.8 Å². The number of amides is 1. The van der Waals surface area contributed by atoms with E-state index < -0.39 is 0 Å². The Morgan fingerprint density at radius 2 is 2.20 bits per heavy atom. The number of carbonyl (C=O) groups excluding carboxylic acids is 1. The topological polar surface area (TPSA) is 62.7 Å². The third kappa shape index (κ3) is 3.93. The zero-order chi connectivity index (χ0) is 14.4. The van der Waals surface area contributed by atoms with Crippen LogP contribution < -0.4 is 4.74 Å². The van der Waals surface area contributed by atoms with Crippen LogP contribution >= 0.6 is 0 Å². The van der Waals surface area contributed by atoms with Crippen LogP contribution in [0, 0.1) is 5.92 Å². The summed E-state index contributed by atoms with van der Waals surface area (Å²) in [5.74, 6) is 1.27. The minimum atomic E-state index is 0.184. The highest BCUT2D eigenvalue weighted by molar-refractivity contribution is 5.76. The van der Waals surface area contributed by atoms with Gasteiger partial charge in [0.1, 0.15) is 5.75 Å². The number of methoxy groups -OCH3 is 1. The third-order valence-corrected chi connectivity index (χ3v) is 3.86. The maximum atomic E-state index is 12.1. The van der Waals surface area contributed by atoms with Crippen LogP contribution in [0.1, 0.15) is 24.8 Å². The van der Waals surface area contributed by atoms with E-state index in [4.69, 9.17) is 9.84 Å². The van der Waals surface area contributed by atoms with E-state index in [1.54, 1.807) is 19.5 Å². The van der Waals surface area contributed by atoms with Crippen molar-refractivity contribution in [3.63, 3.8) is 0 Å². The zero-order valence-electron chi connectivity index (χ0n) is 11.9. The Balaban J connectivity index is 1.80. The van der Waals surface area contributed by atoms with Gasteiger partial charge >= 0.3 is 0 Å². The maximum absolute atomic E-state index is 12.1. The van der Waals surface area contributed by atoms with E-state index in [2.05, 4.69) is 4.98 Å². The van der Waals surface area contributed by atoms with E-state index in [-0.39, 0.29) is 12.5 Å². The summed E-state index contributed by atoms with van der Waals surface area (Å²) in [5.41, 5.74) is 1.02. The van der Waals surface area contributed by atoms with Gasteiger partial charge in [0, 0.05) is 32.3 Å². The molecule has 0 radical (unpaired) electrons. The molecule has 1 saturated heterocycles. The fraction of sp³-hybridized carbons (Fsp3) is 0.600. The number of likely N-dealkylation sites (tertiary alicyclic amines) is 1. The van der Waals surface area contributed by atoms with Gasteiger partial charge in [-0.25, -0.2) is 0 Å². The molecular formula is C15H22N2O3. The van der Waals surface area contributed by atoms with E-state index >= 15 is 0 Å². The van der Waals surface area contributed by atoms with Crippen LogP contribution in [0.5, 0.6) is 5.75 Å². The van der Waals surface area contributed by atoms with Crippen LogP contribution in [0.25, 0.3) is 0 Å². The van der Waals surface area contributed by atoms with Crippen LogP contribution in [0.3, 0.4) is 0 Å². The van der Waals surface area contributed by atoms with Gasteiger partial charge in [-0.1, -0.05) is 0 Å². The molecule has 0 spiro atoms. The molecule has 0 aliphatic carbocycles. The molecule has 20 heavy (non-hydrogen) atoms. The standard InChI is InChI=1S/C15H22N2O3/c1-20-14-8-13(9-16-10-14)2-3-15(19)17-6-4-12(11-18)5-7-17/h8-10,12,18H,2-7,11H2,1H3. The summed E-state index contributed by atoms with van der Waals surface area (Å²) in [7, 11) is 1.61. The number of nitrogens with zero attached hydrogens (tertiary/aromatic N) is 2. The lowest BCUT2D eigenvalue weighted by molar-refractivity contribution is -0.132. The minimum absolute atomic E-state index is 0.184. The summed E-state index contributed by atoms with van der Waals surface area (Å²) >= 11 is 0. The summed E-state index contributed by atoms with van der Waals surface area (Å²) in [4.78, 5) is 18.1. The smallest absolute Gasteiger partial charge is 0.222 e. The van der Waals surface area contributed by atoms with E-state index in [1.165, 1.54) is 0 Å². The van der Waals surface area contributed by atoms with E-state index in [9.17, 15) is 4.79 Å². The van der Waals surface area contributed by atoms with Gasteiger partial charge in [0.05, 0.1) is 13.3 Å². The number of hydrogen-bond donors (Lipinski definition) is 1. The zero-order valence-corrected chi connectivity index (χ0v) is 11.9. The molecule has 110 valence electrons. The van der Waals surface area contributed by atoms with Gasteiger partial charge in [0.25, 0.3) is 0 Å². The van der Waals surface area contributed by atoms with Crippen molar-refractivity contribution >= 4 is 5.91 Å². The second-order valence-corrected chi connectivity index (χ2v) is 5.24. The van der Waals surface area contributed by atoms with E-state index in [0.717, 1.165) is 37.2 Å². The Labute approximate surface area is 119 Å². The molecule has 1 fully saturated rings. The second-order valence-electron chi connectivity index (χ2n) is 5.24. The molecular weight excluding hydrogens is 256 g/mol. The molecule has 1 aromatic rings. The number of aliphatic hydroxyl groups is 1. The number of carbonyl (C=O) groups is 1. The number of aryl methyl sites for hydroxylation is 1. The molecule has 1 aliphatic heterocycles. The predicted molar refractivity (Wildman–Crippen MR) is 75.5 cm³/mol. The summed E-state index contributed by atoms with van der Waals surface area (Å²) in [5, 5.41) is 9.10. The maximum Gasteiger partial charge on any atom is 0.222 e. The lowest BCUT2D eigenvalue weighted by Crippen LogP contribution is -2.39. The highest BCUT2D eigenvalue weighted by Crippen LogP contribution is 2.18. The number of ether oxygens (including phenoxy) is 1. The van der Waals surface area contributed by atoms with Gasteiger partial charge in [-0.15, -0.1) is 0 Å². The first kappa shape index (κ1) is 14.8. The number of pyridine rings is 1. The molecule has 0 atom stereocenters. The molecule has 0 bridgehead atoms. The highest BCUT2D eigenvalue weighted by atomic mass is 16.5. The fourth-order valence-electron chi connectivity index (χ4n) is 2.49. The van der Waals surface area contributed by atoms with Gasteiger partial charge in [-0.3, -0.25) is 9.78 Å². The number of hydrogen-bond acceptors (Lipinski definition) is 4. The SMILES string of the molecule is COc1cncc(CCC(=O)N2CCC(CO)CC2)c1. The number of rotatable bonds is 5. The van der Waals surface area contributed by atoms with Crippen LogP contribution in [0.4, 0.5) is 0 Å². The Bertz CT molecular complexity index is 442. The van der Waals surface area contributed by atoms with Gasteiger partial charge in [-0.2, -0.15) is 0 Å². The van der Waals surface area contributed by atoms with Crippen LogP contribution in [-0.4, -0.2) is 47.7 Å². The quantitative estimate of drug-likeness (QED) is 0.880. The third-order valence-electron chi connectivity index (χ3n) is 3.86. The molecule has 1 aliphatic rings. The molecule has 5 nitrogen and oxygen atoms in total. The summed E-state index contributed by atoms with van der Waals surface area (Å²) in [6, 6.07) is 1.91. The Kier molecular flexibility index (Phi) is 5.35. The minimum Gasteiger partial charge on any atom is -0.495 e. The lowest BCUT2D eigenvalue weighted by atomic mass is 9.97. The van der Waals surface area contributed by atoms with Crippen LogP contribution in [-0.2, 0) is 11.2 Å².